The molecule has 1 saturated carbocycles. The third-order valence-electron chi connectivity index (χ3n) is 4.12. The zero-order valence-corrected chi connectivity index (χ0v) is 13.1. The highest BCUT2D eigenvalue weighted by Crippen LogP contribution is 2.40. The first kappa shape index (κ1) is 15.0. The molecule has 1 atom stereocenters. The summed E-state index contributed by atoms with van der Waals surface area (Å²) in [7, 11) is 0. The molecule has 6 heteroatoms. The van der Waals surface area contributed by atoms with E-state index < -0.39 is 6.10 Å². The van der Waals surface area contributed by atoms with Crippen LogP contribution in [0.2, 0.25) is 0 Å². The van der Waals surface area contributed by atoms with Crippen molar-refractivity contribution in [3.63, 3.8) is 0 Å². The summed E-state index contributed by atoms with van der Waals surface area (Å²) >= 11 is 0. The van der Waals surface area contributed by atoms with Crippen LogP contribution in [0.1, 0.15) is 54.4 Å². The minimum Gasteiger partial charge on any atom is -0.391 e. The normalized spacial score (nSPS) is 16.2. The summed E-state index contributed by atoms with van der Waals surface area (Å²) in [5, 5.41) is 17.2. The fourth-order valence-electron chi connectivity index (χ4n) is 2.41. The number of aliphatic hydroxyl groups excluding tert-OH is 1. The standard InChI is InChI=1S/C16H21N3O3/c1-8(2)13(20)7-17-15(21)11-6-12(10-4-5-10)18-16-14(11)9(3)19-22-16/h6,8,10,13,20H,4-5,7H2,1-3H3,(H,17,21). The minimum atomic E-state index is -0.562. The van der Waals surface area contributed by atoms with Gasteiger partial charge in [-0.05, 0) is 31.7 Å². The fraction of sp³-hybridized carbons (Fsp3) is 0.562. The van der Waals surface area contributed by atoms with E-state index in [0.717, 1.165) is 18.5 Å². The van der Waals surface area contributed by atoms with E-state index >= 15 is 0 Å². The predicted molar refractivity (Wildman–Crippen MR) is 81.7 cm³/mol. The second-order valence-electron chi connectivity index (χ2n) is 6.34. The van der Waals surface area contributed by atoms with Crippen LogP contribution in [0.4, 0.5) is 0 Å². The van der Waals surface area contributed by atoms with Crippen molar-refractivity contribution in [3.05, 3.63) is 23.0 Å². The highest BCUT2D eigenvalue weighted by Gasteiger charge is 2.28. The van der Waals surface area contributed by atoms with E-state index in [9.17, 15) is 9.90 Å². The molecule has 2 aromatic heterocycles. The average Bonchev–Trinajstić information content (AvgIpc) is 3.28. The number of pyridine rings is 1. The van der Waals surface area contributed by atoms with E-state index in [-0.39, 0.29) is 18.4 Å². The molecule has 0 aliphatic heterocycles. The Labute approximate surface area is 128 Å². The summed E-state index contributed by atoms with van der Waals surface area (Å²) in [6.07, 6.45) is 1.63. The lowest BCUT2D eigenvalue weighted by atomic mass is 10.1. The van der Waals surface area contributed by atoms with E-state index in [2.05, 4.69) is 15.5 Å². The molecule has 0 bridgehead atoms. The molecule has 6 nitrogen and oxygen atoms in total. The van der Waals surface area contributed by atoms with Gasteiger partial charge in [-0.2, -0.15) is 0 Å². The molecule has 118 valence electrons. The maximum atomic E-state index is 12.5. The molecule has 22 heavy (non-hydrogen) atoms. The van der Waals surface area contributed by atoms with E-state index in [0.29, 0.717) is 28.3 Å². The molecule has 2 N–H and O–H groups in total. The van der Waals surface area contributed by atoms with Gasteiger partial charge in [-0.25, -0.2) is 4.98 Å². The van der Waals surface area contributed by atoms with Crippen molar-refractivity contribution in [3.8, 4) is 0 Å². The summed E-state index contributed by atoms with van der Waals surface area (Å²) < 4.78 is 5.23. The van der Waals surface area contributed by atoms with Crippen LogP contribution in [0.3, 0.4) is 0 Å². The number of aromatic nitrogens is 2. The maximum absolute atomic E-state index is 12.5. The molecule has 1 amide bonds. The van der Waals surface area contributed by atoms with Gasteiger partial charge in [0.15, 0.2) is 0 Å². The van der Waals surface area contributed by atoms with Gasteiger partial charge >= 0.3 is 0 Å². The number of fused-ring (bicyclic) bond motifs is 1. The lowest BCUT2D eigenvalue weighted by molar-refractivity contribution is 0.0873. The monoisotopic (exact) mass is 303 g/mol. The second kappa shape index (κ2) is 5.68. The van der Waals surface area contributed by atoms with Gasteiger partial charge in [-0.3, -0.25) is 4.79 Å². The Balaban J connectivity index is 1.90. The van der Waals surface area contributed by atoms with Gasteiger partial charge in [0.2, 0.25) is 0 Å². The SMILES string of the molecule is Cc1noc2nc(C3CC3)cc(C(=O)NCC(O)C(C)C)c12. The number of rotatable bonds is 5. The molecule has 2 heterocycles. The van der Waals surface area contributed by atoms with E-state index in [1.807, 2.05) is 19.9 Å². The number of nitrogens with zero attached hydrogens (tertiary/aromatic N) is 2. The molecule has 0 aromatic carbocycles. The molecule has 1 aliphatic rings. The van der Waals surface area contributed by atoms with Crippen molar-refractivity contribution in [1.82, 2.24) is 15.5 Å². The lowest BCUT2D eigenvalue weighted by Crippen LogP contribution is -2.34. The van der Waals surface area contributed by atoms with Crippen molar-refractivity contribution in [2.75, 3.05) is 6.54 Å². The first-order valence-electron chi connectivity index (χ1n) is 7.70. The molecule has 2 aromatic rings. The van der Waals surface area contributed by atoms with Crippen molar-refractivity contribution < 1.29 is 14.4 Å². The zero-order valence-electron chi connectivity index (χ0n) is 13.1. The van der Waals surface area contributed by atoms with E-state index in [1.54, 1.807) is 6.92 Å². The van der Waals surface area contributed by atoms with E-state index in [4.69, 9.17) is 4.52 Å². The average molecular weight is 303 g/mol. The van der Waals surface area contributed by atoms with Gasteiger partial charge in [0.1, 0.15) is 0 Å². The van der Waals surface area contributed by atoms with Crippen LogP contribution in [0.5, 0.6) is 0 Å². The van der Waals surface area contributed by atoms with Gasteiger partial charge in [0.05, 0.1) is 22.7 Å². The Morgan fingerprint density at radius 3 is 2.86 bits per heavy atom. The van der Waals surface area contributed by atoms with Gasteiger partial charge in [0.25, 0.3) is 11.6 Å². The third kappa shape index (κ3) is 2.83. The van der Waals surface area contributed by atoms with Crippen molar-refractivity contribution in [2.24, 2.45) is 5.92 Å². The number of hydrogen-bond donors (Lipinski definition) is 2. The highest BCUT2D eigenvalue weighted by molar-refractivity contribution is 6.06. The Bertz CT molecular complexity index is 704. The fourth-order valence-corrected chi connectivity index (χ4v) is 2.41. The smallest absolute Gasteiger partial charge is 0.259 e. The van der Waals surface area contributed by atoms with Crippen LogP contribution in [0, 0.1) is 12.8 Å². The molecule has 0 saturated heterocycles. The highest BCUT2D eigenvalue weighted by atomic mass is 16.5. The number of hydrogen-bond acceptors (Lipinski definition) is 5. The number of carbonyl (C=O) groups is 1. The number of aryl methyl sites for hydroxylation is 1. The van der Waals surface area contributed by atoms with Crippen LogP contribution in [-0.2, 0) is 0 Å². The number of aliphatic hydroxyl groups is 1. The summed E-state index contributed by atoms with van der Waals surface area (Å²) in [5.41, 5.74) is 2.48. The summed E-state index contributed by atoms with van der Waals surface area (Å²) in [4.78, 5) is 17.0. The van der Waals surface area contributed by atoms with Crippen LogP contribution < -0.4 is 5.32 Å². The van der Waals surface area contributed by atoms with Gasteiger partial charge in [-0.1, -0.05) is 19.0 Å². The predicted octanol–water partition coefficient (Wildman–Crippen LogP) is 2.16. The quantitative estimate of drug-likeness (QED) is 0.883. The second-order valence-corrected chi connectivity index (χ2v) is 6.34. The van der Waals surface area contributed by atoms with Crippen LogP contribution in [0.15, 0.2) is 10.6 Å². The summed E-state index contributed by atoms with van der Waals surface area (Å²) in [6.45, 7) is 5.85. The van der Waals surface area contributed by atoms with Gasteiger partial charge in [-0.15, -0.1) is 0 Å². The number of carbonyl (C=O) groups excluding carboxylic acids is 1. The molecular formula is C16H21N3O3. The topological polar surface area (TPSA) is 88.2 Å². The lowest BCUT2D eigenvalue weighted by Gasteiger charge is -2.15. The molecule has 0 spiro atoms. The minimum absolute atomic E-state index is 0.0945. The van der Waals surface area contributed by atoms with Gasteiger partial charge in [0, 0.05) is 18.2 Å². The Morgan fingerprint density at radius 1 is 1.50 bits per heavy atom. The Morgan fingerprint density at radius 2 is 2.23 bits per heavy atom. The molecule has 3 rings (SSSR count). The van der Waals surface area contributed by atoms with Crippen molar-refractivity contribution in [1.29, 1.82) is 0 Å². The molecule has 1 aliphatic carbocycles. The van der Waals surface area contributed by atoms with Crippen molar-refractivity contribution >= 4 is 17.0 Å². The first-order valence-corrected chi connectivity index (χ1v) is 7.70. The molecule has 0 radical (unpaired) electrons. The van der Waals surface area contributed by atoms with Crippen molar-refractivity contribution in [2.45, 2.75) is 45.6 Å². The Kier molecular flexibility index (Phi) is 3.87. The van der Waals surface area contributed by atoms with Crippen LogP contribution in [0.25, 0.3) is 11.1 Å². The third-order valence-corrected chi connectivity index (χ3v) is 4.12. The summed E-state index contributed by atoms with van der Waals surface area (Å²) in [5.74, 6) is 0.292. The van der Waals surface area contributed by atoms with Crippen LogP contribution in [-0.4, -0.2) is 33.8 Å². The number of nitrogens with one attached hydrogen (secondary N) is 1. The molecule has 1 unspecified atom stereocenters. The first-order chi connectivity index (χ1) is 10.5. The largest absolute Gasteiger partial charge is 0.391 e. The maximum Gasteiger partial charge on any atom is 0.259 e. The molecular weight excluding hydrogens is 282 g/mol. The van der Waals surface area contributed by atoms with Gasteiger partial charge < -0.3 is 14.9 Å². The van der Waals surface area contributed by atoms with Crippen LogP contribution >= 0.6 is 0 Å². The zero-order chi connectivity index (χ0) is 15.9. The van der Waals surface area contributed by atoms with E-state index in [1.165, 1.54) is 0 Å². The molecule has 1 fully saturated rings. The summed E-state index contributed by atoms with van der Waals surface area (Å²) in [6, 6.07) is 1.83. The number of amides is 1. The Hall–Kier alpha value is -1.95.